The highest BCUT2D eigenvalue weighted by Crippen LogP contribution is 2.40. The number of benzene rings is 1. The van der Waals surface area contributed by atoms with Crippen LogP contribution in [-0.4, -0.2) is 26.4 Å². The summed E-state index contributed by atoms with van der Waals surface area (Å²) >= 11 is 0. The van der Waals surface area contributed by atoms with E-state index in [9.17, 15) is 0 Å². The van der Waals surface area contributed by atoms with Crippen LogP contribution in [0.5, 0.6) is 23.0 Å². The summed E-state index contributed by atoms with van der Waals surface area (Å²) in [7, 11) is 4.63. The van der Waals surface area contributed by atoms with Crippen LogP contribution in [0.15, 0.2) is 28.7 Å². The SMILES string of the molecule is COc1cc(OCc2ccc(CO)o2)cc(OC)c1OC. The summed E-state index contributed by atoms with van der Waals surface area (Å²) in [6.45, 7) is 0.100. The van der Waals surface area contributed by atoms with Gasteiger partial charge in [0.05, 0.1) is 21.3 Å². The zero-order valence-electron chi connectivity index (χ0n) is 12.2. The van der Waals surface area contributed by atoms with Crippen molar-refractivity contribution in [3.63, 3.8) is 0 Å². The average molecular weight is 294 g/mol. The van der Waals surface area contributed by atoms with Gasteiger partial charge in [0.1, 0.15) is 30.5 Å². The smallest absolute Gasteiger partial charge is 0.203 e. The predicted octanol–water partition coefficient (Wildman–Crippen LogP) is 2.38. The molecule has 0 aliphatic carbocycles. The van der Waals surface area contributed by atoms with Crippen LogP contribution in [0, 0.1) is 0 Å². The van der Waals surface area contributed by atoms with E-state index in [1.165, 1.54) is 0 Å². The monoisotopic (exact) mass is 294 g/mol. The number of aliphatic hydroxyl groups excluding tert-OH is 1. The van der Waals surface area contributed by atoms with Crippen LogP contribution < -0.4 is 18.9 Å². The highest BCUT2D eigenvalue weighted by atomic mass is 16.5. The average Bonchev–Trinajstić information content (AvgIpc) is 2.99. The molecule has 0 amide bonds. The first-order valence-corrected chi connectivity index (χ1v) is 6.33. The largest absolute Gasteiger partial charge is 0.493 e. The van der Waals surface area contributed by atoms with Gasteiger partial charge in [-0.1, -0.05) is 0 Å². The van der Waals surface area contributed by atoms with Crippen molar-refractivity contribution in [3.05, 3.63) is 35.8 Å². The molecule has 1 N–H and O–H groups in total. The molecule has 0 atom stereocenters. The van der Waals surface area contributed by atoms with Crippen LogP contribution in [0.3, 0.4) is 0 Å². The Bertz CT molecular complexity index is 565. The van der Waals surface area contributed by atoms with Crippen molar-refractivity contribution >= 4 is 0 Å². The molecule has 0 radical (unpaired) electrons. The Labute approximate surface area is 122 Å². The standard InChI is InChI=1S/C15H18O6/c1-17-13-6-12(7-14(18-2)15(13)19-3)20-9-11-5-4-10(8-16)21-11/h4-7,16H,8-9H2,1-3H3. The molecule has 0 saturated heterocycles. The third kappa shape index (κ3) is 3.41. The molecule has 6 heteroatoms. The third-order valence-electron chi connectivity index (χ3n) is 2.89. The van der Waals surface area contributed by atoms with Gasteiger partial charge < -0.3 is 28.5 Å². The van der Waals surface area contributed by atoms with Crippen LogP contribution in [0.4, 0.5) is 0 Å². The third-order valence-corrected chi connectivity index (χ3v) is 2.89. The Morgan fingerprint density at radius 1 is 0.952 bits per heavy atom. The topological polar surface area (TPSA) is 70.3 Å². The number of furan rings is 1. The summed E-state index contributed by atoms with van der Waals surface area (Å²) in [6, 6.07) is 6.87. The van der Waals surface area contributed by atoms with Gasteiger partial charge in [0, 0.05) is 12.1 Å². The van der Waals surface area contributed by atoms with Crippen molar-refractivity contribution in [3.8, 4) is 23.0 Å². The number of aliphatic hydroxyl groups is 1. The second kappa shape index (κ2) is 6.90. The Hall–Kier alpha value is -2.34. The number of methoxy groups -OCH3 is 3. The molecule has 114 valence electrons. The van der Waals surface area contributed by atoms with E-state index >= 15 is 0 Å². The van der Waals surface area contributed by atoms with Gasteiger partial charge in [-0.05, 0) is 12.1 Å². The van der Waals surface area contributed by atoms with Gasteiger partial charge in [-0.15, -0.1) is 0 Å². The maximum Gasteiger partial charge on any atom is 0.203 e. The fourth-order valence-corrected chi connectivity index (χ4v) is 1.88. The minimum absolute atomic E-state index is 0.135. The lowest BCUT2D eigenvalue weighted by Crippen LogP contribution is -1.98. The molecule has 1 aromatic carbocycles. The van der Waals surface area contributed by atoms with Crippen molar-refractivity contribution in [2.45, 2.75) is 13.2 Å². The summed E-state index contributed by atoms with van der Waals surface area (Å²) in [5.74, 6) is 3.22. The maximum absolute atomic E-state index is 8.95. The van der Waals surface area contributed by atoms with Gasteiger partial charge in [0.15, 0.2) is 11.5 Å². The number of ether oxygens (including phenoxy) is 4. The summed E-state index contributed by atoms with van der Waals surface area (Å²) in [4.78, 5) is 0. The Morgan fingerprint density at radius 2 is 1.57 bits per heavy atom. The van der Waals surface area contributed by atoms with Crippen LogP contribution in [0.1, 0.15) is 11.5 Å². The zero-order valence-corrected chi connectivity index (χ0v) is 12.2. The van der Waals surface area contributed by atoms with E-state index in [4.69, 9.17) is 28.5 Å². The molecule has 0 fully saturated rings. The molecule has 1 heterocycles. The maximum atomic E-state index is 8.95. The first-order chi connectivity index (χ1) is 10.2. The van der Waals surface area contributed by atoms with Gasteiger partial charge in [-0.25, -0.2) is 0 Å². The number of hydrogen-bond acceptors (Lipinski definition) is 6. The lowest BCUT2D eigenvalue weighted by atomic mass is 10.2. The van der Waals surface area contributed by atoms with Crippen LogP contribution in [0.25, 0.3) is 0 Å². The highest BCUT2D eigenvalue weighted by Gasteiger charge is 2.14. The van der Waals surface area contributed by atoms with Gasteiger partial charge in [-0.2, -0.15) is 0 Å². The lowest BCUT2D eigenvalue weighted by molar-refractivity contribution is 0.224. The van der Waals surface area contributed by atoms with Crippen LogP contribution >= 0.6 is 0 Å². The molecule has 0 bridgehead atoms. The summed E-state index contributed by atoms with van der Waals surface area (Å²) in [6.07, 6.45) is 0. The quantitative estimate of drug-likeness (QED) is 0.845. The van der Waals surface area contributed by atoms with Crippen LogP contribution in [-0.2, 0) is 13.2 Å². The van der Waals surface area contributed by atoms with Crippen molar-refractivity contribution in [2.24, 2.45) is 0 Å². The molecule has 2 rings (SSSR count). The van der Waals surface area contributed by atoms with Crippen LogP contribution in [0.2, 0.25) is 0 Å². The fraction of sp³-hybridized carbons (Fsp3) is 0.333. The van der Waals surface area contributed by atoms with E-state index in [0.29, 0.717) is 34.5 Å². The van der Waals surface area contributed by atoms with E-state index in [1.807, 2.05) is 0 Å². The molecule has 2 aromatic rings. The molecular formula is C15H18O6. The van der Waals surface area contributed by atoms with Crippen molar-refractivity contribution in [1.82, 2.24) is 0 Å². The van der Waals surface area contributed by atoms with Gasteiger partial charge in [-0.3, -0.25) is 0 Å². The van der Waals surface area contributed by atoms with Gasteiger partial charge >= 0.3 is 0 Å². The number of rotatable bonds is 7. The molecule has 0 unspecified atom stereocenters. The van der Waals surface area contributed by atoms with E-state index in [2.05, 4.69) is 0 Å². The Kier molecular flexibility index (Phi) is 4.94. The van der Waals surface area contributed by atoms with E-state index in [1.54, 1.807) is 45.6 Å². The minimum atomic E-state index is -0.135. The van der Waals surface area contributed by atoms with Crippen molar-refractivity contribution in [1.29, 1.82) is 0 Å². The summed E-state index contributed by atoms with van der Waals surface area (Å²) in [5, 5.41) is 8.95. The second-order valence-corrected chi connectivity index (χ2v) is 4.18. The first kappa shape index (κ1) is 15.1. The first-order valence-electron chi connectivity index (χ1n) is 6.33. The fourth-order valence-electron chi connectivity index (χ4n) is 1.88. The van der Waals surface area contributed by atoms with E-state index in [0.717, 1.165) is 0 Å². The second-order valence-electron chi connectivity index (χ2n) is 4.18. The molecule has 0 saturated carbocycles. The normalized spacial score (nSPS) is 10.3. The molecule has 21 heavy (non-hydrogen) atoms. The lowest BCUT2D eigenvalue weighted by Gasteiger charge is -2.14. The van der Waals surface area contributed by atoms with Gasteiger partial charge in [0.25, 0.3) is 0 Å². The summed E-state index contributed by atoms with van der Waals surface area (Å²) in [5.41, 5.74) is 0. The number of hydrogen-bond donors (Lipinski definition) is 1. The van der Waals surface area contributed by atoms with Crippen molar-refractivity contribution < 1.29 is 28.5 Å². The predicted molar refractivity (Wildman–Crippen MR) is 75.1 cm³/mol. The molecular weight excluding hydrogens is 276 g/mol. The van der Waals surface area contributed by atoms with Crippen molar-refractivity contribution in [2.75, 3.05) is 21.3 Å². The molecule has 0 spiro atoms. The van der Waals surface area contributed by atoms with E-state index in [-0.39, 0.29) is 13.2 Å². The Balaban J connectivity index is 2.15. The molecule has 0 aliphatic heterocycles. The molecule has 6 nitrogen and oxygen atoms in total. The molecule has 1 aromatic heterocycles. The molecule has 0 aliphatic rings. The van der Waals surface area contributed by atoms with E-state index < -0.39 is 0 Å². The zero-order chi connectivity index (χ0) is 15.2. The summed E-state index contributed by atoms with van der Waals surface area (Å²) < 4.78 is 26.7. The highest BCUT2D eigenvalue weighted by molar-refractivity contribution is 5.55. The minimum Gasteiger partial charge on any atom is -0.493 e. The van der Waals surface area contributed by atoms with Gasteiger partial charge in [0.2, 0.25) is 5.75 Å². The Morgan fingerprint density at radius 3 is 2.05 bits per heavy atom.